The first kappa shape index (κ1) is 13.5. The van der Waals surface area contributed by atoms with Gasteiger partial charge in [-0.15, -0.1) is 0 Å². The fourth-order valence-corrected chi connectivity index (χ4v) is 1.64. The van der Waals surface area contributed by atoms with Crippen molar-refractivity contribution in [3.8, 4) is 6.07 Å². The third-order valence-electron chi connectivity index (χ3n) is 2.71. The van der Waals surface area contributed by atoms with Gasteiger partial charge in [-0.05, 0) is 38.0 Å². The number of amides is 1. The molecule has 1 N–H and O–H groups in total. The Bertz CT molecular complexity index is 479. The minimum absolute atomic E-state index is 0.319. The van der Waals surface area contributed by atoms with Crippen molar-refractivity contribution in [2.24, 2.45) is 0 Å². The van der Waals surface area contributed by atoms with Gasteiger partial charge in [0, 0.05) is 0 Å². The van der Waals surface area contributed by atoms with Crippen molar-refractivity contribution in [3.63, 3.8) is 0 Å². The van der Waals surface area contributed by atoms with Gasteiger partial charge in [-0.3, -0.25) is 4.79 Å². The zero-order valence-electron chi connectivity index (χ0n) is 10.2. The molecule has 1 amide bonds. The van der Waals surface area contributed by atoms with E-state index >= 15 is 0 Å². The highest BCUT2D eigenvalue weighted by Gasteiger charge is 2.25. The summed E-state index contributed by atoms with van der Waals surface area (Å²) in [5.74, 6) is -0.319. The van der Waals surface area contributed by atoms with Gasteiger partial charge in [0.25, 0.3) is 5.91 Å². The van der Waals surface area contributed by atoms with E-state index in [-0.39, 0.29) is 5.91 Å². The van der Waals surface area contributed by atoms with Gasteiger partial charge < -0.3 is 5.32 Å². The zero-order valence-corrected chi connectivity index (χ0v) is 10.9. The minimum Gasteiger partial charge on any atom is -0.334 e. The Hall–Kier alpha value is -1.53. The number of hydrogen-bond acceptors (Lipinski definition) is 2. The normalized spacial score (nSPS) is 13.6. The van der Waals surface area contributed by atoms with E-state index in [0.29, 0.717) is 17.0 Å². The average Bonchev–Trinajstić information content (AvgIpc) is 2.28. The molecule has 0 fully saturated rings. The summed E-state index contributed by atoms with van der Waals surface area (Å²) in [6.07, 6.45) is 0.540. The fourth-order valence-electron chi connectivity index (χ4n) is 1.32. The third kappa shape index (κ3) is 3.21. The number of carbonyl (C=O) groups excluding carboxylic acids is 1. The highest BCUT2D eigenvalue weighted by atomic mass is 35.5. The van der Waals surface area contributed by atoms with Gasteiger partial charge in [-0.1, -0.05) is 24.6 Å². The zero-order chi connectivity index (χ0) is 13.1. The Morgan fingerprint density at radius 1 is 1.59 bits per heavy atom. The Morgan fingerprint density at radius 2 is 2.24 bits per heavy atom. The van der Waals surface area contributed by atoms with Crippen LogP contribution in [0.4, 0.5) is 0 Å². The largest absolute Gasteiger partial charge is 0.334 e. The Balaban J connectivity index is 2.95. The SMILES string of the molecule is CCC(C)(C#N)NC(=O)c1ccc(C)cc1Cl. The molecule has 0 aliphatic heterocycles. The number of nitriles is 1. The number of halogens is 1. The molecule has 1 atom stereocenters. The molecule has 4 heteroatoms. The molecule has 0 aliphatic rings. The van der Waals surface area contributed by atoms with Crippen LogP contribution >= 0.6 is 11.6 Å². The molecular weight excluding hydrogens is 236 g/mol. The molecular formula is C13H15ClN2O. The summed E-state index contributed by atoms with van der Waals surface area (Å²) >= 11 is 6.00. The van der Waals surface area contributed by atoms with E-state index in [2.05, 4.69) is 11.4 Å². The van der Waals surface area contributed by atoms with Crippen molar-refractivity contribution in [3.05, 3.63) is 34.3 Å². The molecule has 1 rings (SSSR count). The van der Waals surface area contributed by atoms with E-state index in [1.165, 1.54) is 0 Å². The van der Waals surface area contributed by atoms with Crippen molar-refractivity contribution < 1.29 is 4.79 Å². The van der Waals surface area contributed by atoms with Gasteiger partial charge in [0.05, 0.1) is 16.7 Å². The van der Waals surface area contributed by atoms with Crippen LogP contribution in [-0.4, -0.2) is 11.4 Å². The number of nitrogens with zero attached hydrogens (tertiary/aromatic N) is 1. The summed E-state index contributed by atoms with van der Waals surface area (Å²) < 4.78 is 0. The molecule has 1 aromatic rings. The first-order valence-corrected chi connectivity index (χ1v) is 5.79. The lowest BCUT2D eigenvalue weighted by Gasteiger charge is -2.21. The summed E-state index contributed by atoms with van der Waals surface area (Å²) in [7, 11) is 0. The van der Waals surface area contributed by atoms with Gasteiger partial charge in [0.15, 0.2) is 0 Å². The summed E-state index contributed by atoms with van der Waals surface area (Å²) in [6.45, 7) is 5.44. The second-order valence-corrected chi connectivity index (χ2v) is 4.64. The van der Waals surface area contributed by atoms with E-state index in [9.17, 15) is 4.79 Å². The lowest BCUT2D eigenvalue weighted by Crippen LogP contribution is -2.44. The topological polar surface area (TPSA) is 52.9 Å². The maximum atomic E-state index is 12.0. The molecule has 0 spiro atoms. The summed E-state index contributed by atoms with van der Waals surface area (Å²) in [6, 6.07) is 7.30. The number of carbonyl (C=O) groups is 1. The second-order valence-electron chi connectivity index (χ2n) is 4.23. The molecule has 1 aromatic carbocycles. The van der Waals surface area contributed by atoms with E-state index in [0.717, 1.165) is 5.56 Å². The summed E-state index contributed by atoms with van der Waals surface area (Å²) in [5, 5.41) is 12.1. The van der Waals surface area contributed by atoms with Crippen LogP contribution in [0.5, 0.6) is 0 Å². The van der Waals surface area contributed by atoms with Crippen LogP contribution < -0.4 is 5.32 Å². The Kier molecular flexibility index (Phi) is 4.14. The van der Waals surface area contributed by atoms with Crippen molar-refractivity contribution in [2.45, 2.75) is 32.7 Å². The molecule has 0 aliphatic carbocycles. The molecule has 0 aromatic heterocycles. The number of aryl methyl sites for hydroxylation is 1. The average molecular weight is 251 g/mol. The molecule has 90 valence electrons. The van der Waals surface area contributed by atoms with E-state index in [1.807, 2.05) is 19.9 Å². The fraction of sp³-hybridized carbons (Fsp3) is 0.385. The first-order chi connectivity index (χ1) is 7.91. The Labute approximate surface area is 106 Å². The van der Waals surface area contributed by atoms with Crippen LogP contribution in [0.2, 0.25) is 5.02 Å². The lowest BCUT2D eigenvalue weighted by atomic mass is 10.0. The highest BCUT2D eigenvalue weighted by Crippen LogP contribution is 2.19. The number of hydrogen-bond donors (Lipinski definition) is 1. The number of rotatable bonds is 3. The van der Waals surface area contributed by atoms with Gasteiger partial charge >= 0.3 is 0 Å². The van der Waals surface area contributed by atoms with Crippen molar-refractivity contribution in [1.82, 2.24) is 5.32 Å². The summed E-state index contributed by atoms with van der Waals surface area (Å²) in [5.41, 5.74) is 0.531. The molecule has 1 unspecified atom stereocenters. The van der Waals surface area contributed by atoms with Gasteiger partial charge in [0.1, 0.15) is 5.54 Å². The third-order valence-corrected chi connectivity index (χ3v) is 3.03. The van der Waals surface area contributed by atoms with Crippen molar-refractivity contribution >= 4 is 17.5 Å². The van der Waals surface area contributed by atoms with Gasteiger partial charge in [-0.25, -0.2) is 0 Å². The minimum atomic E-state index is -0.856. The maximum Gasteiger partial charge on any atom is 0.254 e. The van der Waals surface area contributed by atoms with Crippen LogP contribution in [0, 0.1) is 18.3 Å². The maximum absolute atomic E-state index is 12.0. The van der Waals surface area contributed by atoms with E-state index in [4.69, 9.17) is 16.9 Å². The predicted molar refractivity (Wildman–Crippen MR) is 68.0 cm³/mol. The standard InChI is InChI=1S/C13H15ClN2O/c1-4-13(3,8-15)16-12(17)10-6-5-9(2)7-11(10)14/h5-7H,4H2,1-3H3,(H,16,17). The molecule has 0 radical (unpaired) electrons. The number of benzene rings is 1. The molecule has 0 saturated heterocycles. The van der Waals surface area contributed by atoms with Crippen molar-refractivity contribution in [1.29, 1.82) is 5.26 Å². The molecule has 0 bridgehead atoms. The first-order valence-electron chi connectivity index (χ1n) is 5.42. The van der Waals surface area contributed by atoms with E-state index < -0.39 is 5.54 Å². The van der Waals surface area contributed by atoms with Crippen molar-refractivity contribution in [2.75, 3.05) is 0 Å². The summed E-state index contributed by atoms with van der Waals surface area (Å²) in [4.78, 5) is 12.0. The van der Waals surface area contributed by atoms with Crippen LogP contribution in [0.1, 0.15) is 36.2 Å². The van der Waals surface area contributed by atoms with Gasteiger partial charge in [0.2, 0.25) is 0 Å². The number of nitrogens with one attached hydrogen (secondary N) is 1. The quantitative estimate of drug-likeness (QED) is 0.896. The Morgan fingerprint density at radius 3 is 2.71 bits per heavy atom. The smallest absolute Gasteiger partial charge is 0.254 e. The molecule has 3 nitrogen and oxygen atoms in total. The molecule has 17 heavy (non-hydrogen) atoms. The molecule has 0 saturated carbocycles. The second kappa shape index (κ2) is 5.20. The lowest BCUT2D eigenvalue weighted by molar-refractivity contribution is 0.0923. The highest BCUT2D eigenvalue weighted by molar-refractivity contribution is 6.33. The molecule has 0 heterocycles. The van der Waals surface area contributed by atoms with Crippen LogP contribution in [0.15, 0.2) is 18.2 Å². The van der Waals surface area contributed by atoms with Crippen LogP contribution in [-0.2, 0) is 0 Å². The monoisotopic (exact) mass is 250 g/mol. The predicted octanol–water partition coefficient (Wildman–Crippen LogP) is 3.07. The van der Waals surface area contributed by atoms with Gasteiger partial charge in [-0.2, -0.15) is 5.26 Å². The van der Waals surface area contributed by atoms with Crippen LogP contribution in [0.3, 0.4) is 0 Å². The van der Waals surface area contributed by atoms with E-state index in [1.54, 1.807) is 19.1 Å². The van der Waals surface area contributed by atoms with Crippen LogP contribution in [0.25, 0.3) is 0 Å².